The summed E-state index contributed by atoms with van der Waals surface area (Å²) in [7, 11) is 1.72. The van der Waals surface area contributed by atoms with Crippen LogP contribution < -0.4 is 6.15 Å². The summed E-state index contributed by atoms with van der Waals surface area (Å²) in [6, 6.07) is 8.52. The summed E-state index contributed by atoms with van der Waals surface area (Å²) in [4.78, 5) is 0. The first-order valence-corrected chi connectivity index (χ1v) is 3.93. The topological polar surface area (TPSA) is 44.2 Å². The summed E-state index contributed by atoms with van der Waals surface area (Å²) in [6.45, 7) is 2.87. The van der Waals surface area contributed by atoms with Gasteiger partial charge in [0.1, 0.15) is 0 Å². The van der Waals surface area contributed by atoms with E-state index < -0.39 is 0 Å². The van der Waals surface area contributed by atoms with Gasteiger partial charge in [0, 0.05) is 7.11 Å². The van der Waals surface area contributed by atoms with Gasteiger partial charge < -0.3 is 10.9 Å². The third-order valence-electron chi connectivity index (χ3n) is 1.74. The SMILES string of the molecule is CCc1ccc(COC)cc1.N. The predicted octanol–water partition coefficient (Wildman–Crippen LogP) is 2.56. The first-order chi connectivity index (χ1) is 5.36. The molecular formula is C10H17NO. The van der Waals surface area contributed by atoms with Crippen molar-refractivity contribution in [2.45, 2.75) is 20.0 Å². The third kappa shape index (κ3) is 3.03. The molecule has 0 aliphatic heterocycles. The van der Waals surface area contributed by atoms with Gasteiger partial charge in [-0.25, -0.2) is 0 Å². The lowest BCUT2D eigenvalue weighted by Gasteiger charge is -2.00. The Morgan fingerprint density at radius 2 is 1.58 bits per heavy atom. The van der Waals surface area contributed by atoms with Gasteiger partial charge in [-0.2, -0.15) is 0 Å². The van der Waals surface area contributed by atoms with Crippen LogP contribution in [0.2, 0.25) is 0 Å². The first kappa shape index (κ1) is 11.1. The molecule has 3 N–H and O–H groups in total. The fourth-order valence-corrected chi connectivity index (χ4v) is 1.04. The van der Waals surface area contributed by atoms with Crippen molar-refractivity contribution in [1.82, 2.24) is 6.15 Å². The van der Waals surface area contributed by atoms with E-state index in [1.165, 1.54) is 11.1 Å². The molecule has 0 fully saturated rings. The van der Waals surface area contributed by atoms with E-state index in [2.05, 4.69) is 31.2 Å². The van der Waals surface area contributed by atoms with Crippen LogP contribution in [0.4, 0.5) is 0 Å². The van der Waals surface area contributed by atoms with E-state index in [-0.39, 0.29) is 6.15 Å². The Labute approximate surface area is 74.1 Å². The van der Waals surface area contributed by atoms with Crippen LogP contribution in [-0.4, -0.2) is 7.11 Å². The van der Waals surface area contributed by atoms with Crippen molar-refractivity contribution < 1.29 is 4.74 Å². The average Bonchev–Trinajstić information content (AvgIpc) is 2.07. The molecular weight excluding hydrogens is 150 g/mol. The third-order valence-corrected chi connectivity index (χ3v) is 1.74. The molecule has 0 saturated carbocycles. The van der Waals surface area contributed by atoms with E-state index in [1.807, 2.05) is 0 Å². The number of aryl methyl sites for hydroxylation is 1. The molecule has 1 aromatic rings. The normalized spacial score (nSPS) is 9.17. The van der Waals surface area contributed by atoms with Crippen LogP contribution in [0, 0.1) is 0 Å². The summed E-state index contributed by atoms with van der Waals surface area (Å²) in [5.74, 6) is 0. The Morgan fingerprint density at radius 1 is 1.08 bits per heavy atom. The second kappa shape index (κ2) is 5.75. The van der Waals surface area contributed by atoms with Crippen LogP contribution in [0.5, 0.6) is 0 Å². The highest BCUT2D eigenvalue weighted by atomic mass is 16.5. The van der Waals surface area contributed by atoms with Gasteiger partial charge in [-0.15, -0.1) is 0 Å². The molecule has 0 radical (unpaired) electrons. The van der Waals surface area contributed by atoms with E-state index >= 15 is 0 Å². The average molecular weight is 167 g/mol. The molecule has 2 nitrogen and oxygen atoms in total. The van der Waals surface area contributed by atoms with Crippen molar-refractivity contribution in [1.29, 1.82) is 0 Å². The zero-order chi connectivity index (χ0) is 8.10. The van der Waals surface area contributed by atoms with E-state index in [9.17, 15) is 0 Å². The maximum absolute atomic E-state index is 5.00. The molecule has 0 saturated heterocycles. The lowest BCUT2D eigenvalue weighted by molar-refractivity contribution is 0.185. The van der Waals surface area contributed by atoms with Crippen molar-refractivity contribution in [3.63, 3.8) is 0 Å². The van der Waals surface area contributed by atoms with E-state index in [4.69, 9.17) is 4.74 Å². The Hall–Kier alpha value is -0.860. The van der Waals surface area contributed by atoms with Gasteiger partial charge >= 0.3 is 0 Å². The van der Waals surface area contributed by atoms with Gasteiger partial charge in [0.2, 0.25) is 0 Å². The van der Waals surface area contributed by atoms with E-state index in [0.717, 1.165) is 6.42 Å². The van der Waals surface area contributed by atoms with Crippen LogP contribution >= 0.6 is 0 Å². The number of ether oxygens (including phenoxy) is 1. The highest BCUT2D eigenvalue weighted by molar-refractivity contribution is 5.21. The molecule has 1 aromatic carbocycles. The van der Waals surface area contributed by atoms with Crippen LogP contribution in [0.3, 0.4) is 0 Å². The van der Waals surface area contributed by atoms with Crippen molar-refractivity contribution >= 4 is 0 Å². The van der Waals surface area contributed by atoms with Gasteiger partial charge in [-0.3, -0.25) is 0 Å². The van der Waals surface area contributed by atoms with Crippen molar-refractivity contribution in [2.24, 2.45) is 0 Å². The number of hydrogen-bond donors (Lipinski definition) is 1. The molecule has 0 aliphatic rings. The number of hydrogen-bond acceptors (Lipinski definition) is 2. The first-order valence-electron chi connectivity index (χ1n) is 3.93. The fourth-order valence-electron chi connectivity index (χ4n) is 1.04. The Bertz CT molecular complexity index is 206. The lowest BCUT2D eigenvalue weighted by atomic mass is 10.1. The monoisotopic (exact) mass is 167 g/mol. The van der Waals surface area contributed by atoms with Gasteiger partial charge in [-0.1, -0.05) is 31.2 Å². The van der Waals surface area contributed by atoms with Crippen LogP contribution in [0.25, 0.3) is 0 Å². The van der Waals surface area contributed by atoms with Gasteiger partial charge in [0.25, 0.3) is 0 Å². The maximum Gasteiger partial charge on any atom is 0.0713 e. The molecule has 0 aliphatic carbocycles. The summed E-state index contributed by atoms with van der Waals surface area (Å²) in [5.41, 5.74) is 2.62. The quantitative estimate of drug-likeness (QED) is 0.751. The summed E-state index contributed by atoms with van der Waals surface area (Å²) >= 11 is 0. The van der Waals surface area contributed by atoms with E-state index in [0.29, 0.717) is 6.61 Å². The molecule has 0 aromatic heterocycles. The molecule has 12 heavy (non-hydrogen) atoms. The second-order valence-electron chi connectivity index (χ2n) is 2.60. The lowest BCUT2D eigenvalue weighted by Crippen LogP contribution is -1.87. The Morgan fingerprint density at radius 3 is 2.00 bits per heavy atom. The standard InChI is InChI=1S/C10H14O.H3N/c1-3-9-4-6-10(7-5-9)8-11-2;/h4-7H,3,8H2,1-2H3;1H3. The number of methoxy groups -OCH3 is 1. The molecule has 0 spiro atoms. The molecule has 2 heteroatoms. The summed E-state index contributed by atoms with van der Waals surface area (Å²) < 4.78 is 5.00. The van der Waals surface area contributed by atoms with Crippen LogP contribution in [0.15, 0.2) is 24.3 Å². The Kier molecular flexibility index (Phi) is 5.34. The smallest absolute Gasteiger partial charge is 0.0713 e. The molecule has 68 valence electrons. The summed E-state index contributed by atoms with van der Waals surface area (Å²) in [5, 5.41) is 0. The van der Waals surface area contributed by atoms with Crippen LogP contribution in [-0.2, 0) is 17.8 Å². The van der Waals surface area contributed by atoms with Gasteiger partial charge in [-0.05, 0) is 17.5 Å². The van der Waals surface area contributed by atoms with Gasteiger partial charge in [0.05, 0.1) is 6.61 Å². The summed E-state index contributed by atoms with van der Waals surface area (Å²) in [6.07, 6.45) is 1.10. The molecule has 1 rings (SSSR count). The zero-order valence-electron chi connectivity index (χ0n) is 7.84. The largest absolute Gasteiger partial charge is 0.380 e. The second-order valence-corrected chi connectivity index (χ2v) is 2.60. The van der Waals surface area contributed by atoms with Crippen LogP contribution in [0.1, 0.15) is 18.1 Å². The highest BCUT2D eigenvalue weighted by Crippen LogP contribution is 2.05. The predicted molar refractivity (Wildman–Crippen MR) is 51.6 cm³/mol. The van der Waals surface area contributed by atoms with Crippen molar-refractivity contribution in [3.05, 3.63) is 35.4 Å². The van der Waals surface area contributed by atoms with Gasteiger partial charge in [0.15, 0.2) is 0 Å². The fraction of sp³-hybridized carbons (Fsp3) is 0.400. The highest BCUT2D eigenvalue weighted by Gasteiger charge is 1.90. The minimum Gasteiger partial charge on any atom is -0.380 e. The molecule has 0 amide bonds. The molecule has 0 heterocycles. The van der Waals surface area contributed by atoms with Crippen molar-refractivity contribution in [3.8, 4) is 0 Å². The van der Waals surface area contributed by atoms with E-state index in [1.54, 1.807) is 7.11 Å². The molecule has 0 atom stereocenters. The minimum absolute atomic E-state index is 0. The minimum atomic E-state index is 0. The number of rotatable bonds is 3. The number of benzene rings is 1. The van der Waals surface area contributed by atoms with Crippen molar-refractivity contribution in [2.75, 3.05) is 7.11 Å². The molecule has 0 bridgehead atoms. The Balaban J connectivity index is 0.00000121. The molecule has 0 unspecified atom stereocenters. The maximum atomic E-state index is 5.00. The zero-order valence-corrected chi connectivity index (χ0v) is 7.84.